The number of hydrogen-bond donors (Lipinski definition) is 1. The summed E-state index contributed by atoms with van der Waals surface area (Å²) in [4.78, 5) is 14.8. The molecule has 0 saturated carbocycles. The summed E-state index contributed by atoms with van der Waals surface area (Å²) in [6.45, 7) is 0. The van der Waals surface area contributed by atoms with Crippen LogP contribution in [0.5, 0.6) is 0 Å². The van der Waals surface area contributed by atoms with Crippen LogP contribution in [0.2, 0.25) is 0 Å². The van der Waals surface area contributed by atoms with Gasteiger partial charge in [0.05, 0.1) is 4.88 Å². The first-order valence-electron chi connectivity index (χ1n) is 7.88. The van der Waals surface area contributed by atoms with E-state index in [1.54, 1.807) is 11.3 Å². The molecule has 2 aromatic carbocycles. The van der Waals surface area contributed by atoms with E-state index in [9.17, 15) is 4.79 Å². The lowest BCUT2D eigenvalue weighted by atomic mass is 10.0. The molecule has 0 aliphatic heterocycles. The first-order valence-corrected chi connectivity index (χ1v) is 8.70. The van der Waals surface area contributed by atoms with Crippen LogP contribution in [0.1, 0.15) is 26.5 Å². The van der Waals surface area contributed by atoms with Crippen LogP contribution in [-0.4, -0.2) is 5.91 Å². The van der Waals surface area contributed by atoms with Crippen molar-refractivity contribution in [2.45, 2.75) is 19.3 Å². The minimum Gasteiger partial charge on any atom is -0.321 e. The molecule has 0 unspecified atom stereocenters. The van der Waals surface area contributed by atoms with Crippen LogP contribution in [0.3, 0.4) is 0 Å². The summed E-state index contributed by atoms with van der Waals surface area (Å²) >= 11 is 1.64. The largest absolute Gasteiger partial charge is 0.321 e. The van der Waals surface area contributed by atoms with Crippen molar-refractivity contribution in [3.05, 3.63) is 76.0 Å². The van der Waals surface area contributed by atoms with Gasteiger partial charge in [-0.05, 0) is 42.5 Å². The van der Waals surface area contributed by atoms with Gasteiger partial charge in [0.1, 0.15) is 0 Å². The number of benzene rings is 2. The molecular weight excluding hydrogens is 302 g/mol. The average Bonchev–Trinajstić information content (AvgIpc) is 3.18. The Morgan fingerprint density at radius 1 is 0.957 bits per heavy atom. The smallest absolute Gasteiger partial charge is 0.265 e. The molecule has 1 heterocycles. The maximum atomic E-state index is 12.6. The number of rotatable bonds is 3. The number of carbonyl (C=O) groups excluding carboxylic acids is 1. The lowest BCUT2D eigenvalue weighted by molar-refractivity contribution is 0.103. The third-order valence-electron chi connectivity index (χ3n) is 4.23. The Kier molecular flexibility index (Phi) is 3.72. The predicted octanol–water partition coefficient (Wildman–Crippen LogP) is 5.16. The molecule has 1 aromatic heterocycles. The molecule has 1 aliphatic carbocycles. The van der Waals surface area contributed by atoms with E-state index in [1.807, 2.05) is 42.5 Å². The fourth-order valence-electron chi connectivity index (χ4n) is 3.09. The number of carbonyl (C=O) groups is 1. The first kappa shape index (κ1) is 14.2. The second-order valence-electron chi connectivity index (χ2n) is 5.78. The quantitative estimate of drug-likeness (QED) is 0.710. The van der Waals surface area contributed by atoms with E-state index >= 15 is 0 Å². The second-order valence-corrected chi connectivity index (χ2v) is 6.92. The Hall–Kier alpha value is -2.39. The zero-order valence-electron chi connectivity index (χ0n) is 12.7. The van der Waals surface area contributed by atoms with Crippen molar-refractivity contribution in [1.82, 2.24) is 0 Å². The van der Waals surface area contributed by atoms with Gasteiger partial charge in [-0.2, -0.15) is 0 Å². The standard InChI is InChI=1S/C20H17NOS/c22-20(19-13-15-9-6-12-18(15)23-19)21-17-11-5-4-10-16(17)14-7-2-1-3-8-14/h1-5,7-8,10-11,13H,6,9,12H2,(H,21,22). The fraction of sp³-hybridized carbons (Fsp3) is 0.150. The number of amides is 1. The van der Waals surface area contributed by atoms with Crippen LogP contribution < -0.4 is 5.32 Å². The summed E-state index contributed by atoms with van der Waals surface area (Å²) in [5.41, 5.74) is 4.37. The maximum Gasteiger partial charge on any atom is 0.265 e. The number of fused-ring (bicyclic) bond motifs is 1. The van der Waals surface area contributed by atoms with E-state index in [0.717, 1.165) is 34.5 Å². The highest BCUT2D eigenvalue weighted by Crippen LogP contribution is 2.32. The number of para-hydroxylation sites is 1. The SMILES string of the molecule is O=C(Nc1ccccc1-c1ccccc1)c1cc2c(s1)CCC2. The Morgan fingerprint density at radius 2 is 1.74 bits per heavy atom. The van der Waals surface area contributed by atoms with Gasteiger partial charge in [-0.15, -0.1) is 11.3 Å². The molecule has 0 atom stereocenters. The van der Waals surface area contributed by atoms with E-state index in [-0.39, 0.29) is 5.91 Å². The molecule has 23 heavy (non-hydrogen) atoms. The van der Waals surface area contributed by atoms with Gasteiger partial charge >= 0.3 is 0 Å². The van der Waals surface area contributed by atoms with Gasteiger partial charge in [0.15, 0.2) is 0 Å². The van der Waals surface area contributed by atoms with Crippen LogP contribution in [0.25, 0.3) is 11.1 Å². The van der Waals surface area contributed by atoms with Crippen LogP contribution in [-0.2, 0) is 12.8 Å². The molecule has 0 saturated heterocycles. The number of aryl methyl sites for hydroxylation is 2. The number of hydrogen-bond acceptors (Lipinski definition) is 2. The van der Waals surface area contributed by atoms with Crippen molar-refractivity contribution < 1.29 is 4.79 Å². The van der Waals surface area contributed by atoms with E-state index in [1.165, 1.54) is 16.9 Å². The molecule has 0 bridgehead atoms. The highest BCUT2D eigenvalue weighted by atomic mass is 32.1. The third kappa shape index (κ3) is 2.80. The van der Waals surface area contributed by atoms with Gasteiger partial charge in [-0.3, -0.25) is 4.79 Å². The zero-order valence-corrected chi connectivity index (χ0v) is 13.5. The topological polar surface area (TPSA) is 29.1 Å². The molecule has 0 fully saturated rings. The molecule has 1 amide bonds. The highest BCUT2D eigenvalue weighted by molar-refractivity contribution is 7.14. The lowest BCUT2D eigenvalue weighted by Crippen LogP contribution is -2.11. The molecule has 4 rings (SSSR count). The summed E-state index contributed by atoms with van der Waals surface area (Å²) < 4.78 is 0. The van der Waals surface area contributed by atoms with Gasteiger partial charge in [0.25, 0.3) is 5.91 Å². The monoisotopic (exact) mass is 319 g/mol. The lowest BCUT2D eigenvalue weighted by Gasteiger charge is -2.10. The predicted molar refractivity (Wildman–Crippen MR) is 96.2 cm³/mol. The molecular formula is C20H17NOS. The van der Waals surface area contributed by atoms with Crippen molar-refractivity contribution in [2.75, 3.05) is 5.32 Å². The molecule has 3 heteroatoms. The van der Waals surface area contributed by atoms with Gasteiger partial charge in [0, 0.05) is 16.1 Å². The van der Waals surface area contributed by atoms with Crippen molar-refractivity contribution >= 4 is 22.9 Å². The number of nitrogens with one attached hydrogen (secondary N) is 1. The first-order chi connectivity index (χ1) is 11.3. The Balaban J connectivity index is 1.62. The van der Waals surface area contributed by atoms with E-state index in [0.29, 0.717) is 0 Å². The molecule has 0 spiro atoms. The van der Waals surface area contributed by atoms with E-state index in [2.05, 4.69) is 23.5 Å². The molecule has 1 N–H and O–H groups in total. The van der Waals surface area contributed by atoms with Gasteiger partial charge in [0.2, 0.25) is 0 Å². The zero-order chi connectivity index (χ0) is 15.6. The van der Waals surface area contributed by atoms with Crippen LogP contribution >= 0.6 is 11.3 Å². The summed E-state index contributed by atoms with van der Waals surface area (Å²) in [7, 11) is 0. The van der Waals surface area contributed by atoms with Crippen LogP contribution in [0, 0.1) is 0 Å². The number of thiophene rings is 1. The number of anilines is 1. The molecule has 2 nitrogen and oxygen atoms in total. The van der Waals surface area contributed by atoms with Crippen LogP contribution in [0.4, 0.5) is 5.69 Å². The maximum absolute atomic E-state index is 12.6. The van der Waals surface area contributed by atoms with Crippen molar-refractivity contribution in [2.24, 2.45) is 0 Å². The average molecular weight is 319 g/mol. The van der Waals surface area contributed by atoms with Crippen molar-refractivity contribution in [3.8, 4) is 11.1 Å². The van der Waals surface area contributed by atoms with Crippen LogP contribution in [0.15, 0.2) is 60.7 Å². The highest BCUT2D eigenvalue weighted by Gasteiger charge is 2.19. The Bertz CT molecular complexity index is 830. The van der Waals surface area contributed by atoms with Gasteiger partial charge in [-0.1, -0.05) is 48.5 Å². The molecule has 1 aliphatic rings. The van der Waals surface area contributed by atoms with Crippen molar-refractivity contribution in [1.29, 1.82) is 0 Å². The van der Waals surface area contributed by atoms with E-state index in [4.69, 9.17) is 0 Å². The summed E-state index contributed by atoms with van der Waals surface area (Å²) in [5.74, 6) is -0.00668. The van der Waals surface area contributed by atoms with Crippen molar-refractivity contribution in [3.63, 3.8) is 0 Å². The minimum absolute atomic E-state index is 0.00668. The Morgan fingerprint density at radius 3 is 2.57 bits per heavy atom. The molecule has 114 valence electrons. The Labute approximate surface area is 139 Å². The second kappa shape index (κ2) is 6.01. The molecule has 3 aromatic rings. The van der Waals surface area contributed by atoms with Gasteiger partial charge in [-0.25, -0.2) is 0 Å². The van der Waals surface area contributed by atoms with Gasteiger partial charge < -0.3 is 5.32 Å². The summed E-state index contributed by atoms with van der Waals surface area (Å²) in [5, 5.41) is 3.09. The van der Waals surface area contributed by atoms with E-state index < -0.39 is 0 Å². The normalized spacial score (nSPS) is 12.9. The molecule has 0 radical (unpaired) electrons. The summed E-state index contributed by atoms with van der Waals surface area (Å²) in [6, 6.07) is 20.2. The summed E-state index contributed by atoms with van der Waals surface area (Å²) in [6.07, 6.45) is 3.45. The fourth-order valence-corrected chi connectivity index (χ4v) is 4.24. The third-order valence-corrected chi connectivity index (χ3v) is 5.47. The minimum atomic E-state index is -0.00668.